The smallest absolute Gasteiger partial charge is 0.269 e. The standard InChI is InChI=1S/C16H25N3O2/c1-21-11-5-9-18-16(20)15-12-14(8-10-17-15)19-13-6-3-2-4-7-13/h8,10,12-13H,2-7,9,11H2,1H3,(H,17,19)(H,18,20). The first-order valence-corrected chi connectivity index (χ1v) is 7.79. The van der Waals surface area contributed by atoms with Crippen molar-refractivity contribution >= 4 is 11.6 Å². The van der Waals surface area contributed by atoms with Crippen LogP contribution in [0.25, 0.3) is 0 Å². The van der Waals surface area contributed by atoms with E-state index in [1.807, 2.05) is 12.1 Å². The van der Waals surface area contributed by atoms with Gasteiger partial charge in [-0.15, -0.1) is 0 Å². The number of amides is 1. The Labute approximate surface area is 126 Å². The van der Waals surface area contributed by atoms with Gasteiger partial charge in [-0.2, -0.15) is 0 Å². The summed E-state index contributed by atoms with van der Waals surface area (Å²) in [5, 5.41) is 6.37. The molecule has 1 aromatic heterocycles. The molecule has 0 atom stereocenters. The van der Waals surface area contributed by atoms with Gasteiger partial charge >= 0.3 is 0 Å². The summed E-state index contributed by atoms with van der Waals surface area (Å²) in [5.41, 5.74) is 1.45. The third-order valence-corrected chi connectivity index (χ3v) is 3.78. The Morgan fingerprint density at radius 3 is 2.95 bits per heavy atom. The average molecular weight is 291 g/mol. The number of pyridine rings is 1. The summed E-state index contributed by atoms with van der Waals surface area (Å²) in [6.07, 6.45) is 8.83. The Morgan fingerprint density at radius 1 is 1.38 bits per heavy atom. The summed E-state index contributed by atoms with van der Waals surface area (Å²) in [6, 6.07) is 4.29. The summed E-state index contributed by atoms with van der Waals surface area (Å²) in [4.78, 5) is 16.2. The van der Waals surface area contributed by atoms with E-state index in [1.165, 1.54) is 32.1 Å². The Bertz CT molecular complexity index is 445. The summed E-state index contributed by atoms with van der Waals surface area (Å²) >= 11 is 0. The highest BCUT2D eigenvalue weighted by Crippen LogP contribution is 2.21. The van der Waals surface area contributed by atoms with Gasteiger partial charge in [-0.05, 0) is 31.4 Å². The Balaban J connectivity index is 1.85. The minimum Gasteiger partial charge on any atom is -0.385 e. The fourth-order valence-electron chi connectivity index (χ4n) is 2.64. The number of rotatable bonds is 7. The number of ether oxygens (including phenoxy) is 1. The van der Waals surface area contributed by atoms with Crippen molar-refractivity contribution in [1.82, 2.24) is 10.3 Å². The summed E-state index contributed by atoms with van der Waals surface area (Å²) < 4.78 is 4.96. The Kier molecular flexibility index (Phi) is 6.47. The molecule has 0 saturated heterocycles. The van der Waals surface area contributed by atoms with E-state index in [2.05, 4.69) is 15.6 Å². The molecule has 21 heavy (non-hydrogen) atoms. The zero-order chi connectivity index (χ0) is 14.9. The average Bonchev–Trinajstić information content (AvgIpc) is 2.53. The quantitative estimate of drug-likeness (QED) is 0.758. The maximum atomic E-state index is 12.0. The van der Waals surface area contributed by atoms with Gasteiger partial charge in [0, 0.05) is 38.2 Å². The van der Waals surface area contributed by atoms with Gasteiger partial charge < -0.3 is 15.4 Å². The van der Waals surface area contributed by atoms with Gasteiger partial charge in [-0.1, -0.05) is 19.3 Å². The molecule has 0 bridgehead atoms. The topological polar surface area (TPSA) is 63.2 Å². The second-order valence-corrected chi connectivity index (χ2v) is 5.51. The Morgan fingerprint density at radius 2 is 2.19 bits per heavy atom. The molecule has 1 fully saturated rings. The van der Waals surface area contributed by atoms with Gasteiger partial charge in [0.15, 0.2) is 0 Å². The van der Waals surface area contributed by atoms with Crippen molar-refractivity contribution in [3.05, 3.63) is 24.0 Å². The van der Waals surface area contributed by atoms with E-state index in [4.69, 9.17) is 4.74 Å². The van der Waals surface area contributed by atoms with Crippen LogP contribution in [-0.2, 0) is 4.74 Å². The summed E-state index contributed by atoms with van der Waals surface area (Å²) in [5.74, 6) is -0.126. The second kappa shape index (κ2) is 8.62. The van der Waals surface area contributed by atoms with Crippen LogP contribution < -0.4 is 10.6 Å². The van der Waals surface area contributed by atoms with E-state index < -0.39 is 0 Å². The number of hydrogen-bond donors (Lipinski definition) is 2. The molecule has 1 heterocycles. The molecule has 0 unspecified atom stereocenters. The van der Waals surface area contributed by atoms with E-state index in [9.17, 15) is 4.79 Å². The van der Waals surface area contributed by atoms with Crippen LogP contribution in [0.1, 0.15) is 49.0 Å². The fourth-order valence-corrected chi connectivity index (χ4v) is 2.64. The number of carbonyl (C=O) groups is 1. The number of nitrogens with zero attached hydrogens (tertiary/aromatic N) is 1. The molecule has 2 N–H and O–H groups in total. The zero-order valence-electron chi connectivity index (χ0n) is 12.7. The van der Waals surface area contributed by atoms with E-state index in [0.717, 1.165) is 12.1 Å². The van der Waals surface area contributed by atoms with Crippen molar-refractivity contribution in [2.45, 2.75) is 44.6 Å². The normalized spacial score (nSPS) is 15.7. The van der Waals surface area contributed by atoms with Crippen LogP contribution in [0.3, 0.4) is 0 Å². The third kappa shape index (κ3) is 5.34. The molecule has 1 aliphatic carbocycles. The third-order valence-electron chi connectivity index (χ3n) is 3.78. The van der Waals surface area contributed by atoms with Crippen molar-refractivity contribution in [1.29, 1.82) is 0 Å². The molecule has 1 amide bonds. The highest BCUT2D eigenvalue weighted by atomic mass is 16.5. The van der Waals surface area contributed by atoms with Gasteiger partial charge in [0.2, 0.25) is 0 Å². The minimum absolute atomic E-state index is 0.126. The number of carbonyl (C=O) groups excluding carboxylic acids is 1. The van der Waals surface area contributed by atoms with Crippen LogP contribution in [0.2, 0.25) is 0 Å². The highest BCUT2D eigenvalue weighted by Gasteiger charge is 2.14. The van der Waals surface area contributed by atoms with Crippen LogP contribution in [0.15, 0.2) is 18.3 Å². The fraction of sp³-hybridized carbons (Fsp3) is 0.625. The van der Waals surface area contributed by atoms with Gasteiger partial charge in [0.25, 0.3) is 5.91 Å². The molecule has 5 heteroatoms. The number of nitrogens with one attached hydrogen (secondary N) is 2. The van der Waals surface area contributed by atoms with E-state index in [0.29, 0.717) is 24.9 Å². The van der Waals surface area contributed by atoms with Crippen LogP contribution >= 0.6 is 0 Å². The molecule has 1 aliphatic rings. The van der Waals surface area contributed by atoms with Crippen LogP contribution in [0.4, 0.5) is 5.69 Å². The lowest BCUT2D eigenvalue weighted by atomic mass is 9.95. The van der Waals surface area contributed by atoms with Gasteiger partial charge in [0.1, 0.15) is 5.69 Å². The maximum absolute atomic E-state index is 12.0. The first-order chi connectivity index (χ1) is 10.3. The predicted molar refractivity (Wildman–Crippen MR) is 83.6 cm³/mol. The molecular weight excluding hydrogens is 266 g/mol. The molecule has 0 aliphatic heterocycles. The zero-order valence-corrected chi connectivity index (χ0v) is 12.7. The van der Waals surface area contributed by atoms with E-state index in [-0.39, 0.29) is 5.91 Å². The molecule has 1 aromatic rings. The molecule has 2 rings (SSSR count). The molecule has 0 radical (unpaired) electrons. The minimum atomic E-state index is -0.126. The molecule has 0 aromatic carbocycles. The van der Waals surface area contributed by atoms with Crippen LogP contribution in [0.5, 0.6) is 0 Å². The maximum Gasteiger partial charge on any atom is 0.269 e. The number of anilines is 1. The van der Waals surface area contributed by atoms with Crippen LogP contribution in [0, 0.1) is 0 Å². The first-order valence-electron chi connectivity index (χ1n) is 7.79. The lowest BCUT2D eigenvalue weighted by Gasteiger charge is -2.23. The lowest BCUT2D eigenvalue weighted by molar-refractivity contribution is 0.0943. The first kappa shape index (κ1) is 15.8. The molecule has 0 spiro atoms. The molecule has 1 saturated carbocycles. The van der Waals surface area contributed by atoms with Crippen molar-refractivity contribution in [2.75, 3.05) is 25.6 Å². The highest BCUT2D eigenvalue weighted by molar-refractivity contribution is 5.93. The van der Waals surface area contributed by atoms with Crippen molar-refractivity contribution < 1.29 is 9.53 Å². The largest absolute Gasteiger partial charge is 0.385 e. The van der Waals surface area contributed by atoms with Gasteiger partial charge in [-0.25, -0.2) is 0 Å². The van der Waals surface area contributed by atoms with Gasteiger partial charge in [-0.3, -0.25) is 9.78 Å². The Hall–Kier alpha value is -1.62. The van der Waals surface area contributed by atoms with Crippen molar-refractivity contribution in [3.8, 4) is 0 Å². The molecule has 5 nitrogen and oxygen atoms in total. The van der Waals surface area contributed by atoms with Crippen molar-refractivity contribution in [3.63, 3.8) is 0 Å². The number of methoxy groups -OCH3 is 1. The van der Waals surface area contributed by atoms with E-state index in [1.54, 1.807) is 13.3 Å². The molecular formula is C16H25N3O2. The number of aromatic nitrogens is 1. The lowest BCUT2D eigenvalue weighted by Crippen LogP contribution is -2.26. The predicted octanol–water partition coefficient (Wildman–Crippen LogP) is 2.59. The SMILES string of the molecule is COCCCNC(=O)c1cc(NC2CCCCC2)ccn1. The van der Waals surface area contributed by atoms with E-state index >= 15 is 0 Å². The number of hydrogen-bond acceptors (Lipinski definition) is 4. The molecule has 116 valence electrons. The summed E-state index contributed by atoms with van der Waals surface area (Å²) in [7, 11) is 1.66. The van der Waals surface area contributed by atoms with Gasteiger partial charge in [0.05, 0.1) is 0 Å². The van der Waals surface area contributed by atoms with Crippen molar-refractivity contribution in [2.24, 2.45) is 0 Å². The second-order valence-electron chi connectivity index (χ2n) is 5.51. The summed E-state index contributed by atoms with van der Waals surface area (Å²) in [6.45, 7) is 1.26. The monoisotopic (exact) mass is 291 g/mol. The van der Waals surface area contributed by atoms with Crippen LogP contribution in [-0.4, -0.2) is 37.2 Å².